The van der Waals surface area contributed by atoms with Gasteiger partial charge in [-0.25, -0.2) is 5.43 Å². The number of aryl methyl sites for hydroxylation is 3. The van der Waals surface area contributed by atoms with Crippen LogP contribution in [0.3, 0.4) is 0 Å². The van der Waals surface area contributed by atoms with Gasteiger partial charge in [-0.05, 0) is 62.1 Å². The number of carbonyl (C=O) groups excluding carboxylic acids is 1. The molecule has 2 aromatic rings. The van der Waals surface area contributed by atoms with Crippen LogP contribution in [-0.2, 0) is 0 Å². The van der Waals surface area contributed by atoms with Crippen molar-refractivity contribution in [3.8, 4) is 5.75 Å². The third-order valence-electron chi connectivity index (χ3n) is 3.80. The molecule has 4 nitrogen and oxygen atoms in total. The summed E-state index contributed by atoms with van der Waals surface area (Å²) in [5.41, 5.74) is 7.65. The van der Waals surface area contributed by atoms with Gasteiger partial charge in [0, 0.05) is 11.1 Å². The maximum atomic E-state index is 12.2. The number of amides is 1. The van der Waals surface area contributed by atoms with Gasteiger partial charge in [0.05, 0.1) is 12.8 Å². The quantitative estimate of drug-likeness (QED) is 0.626. The molecule has 0 aromatic heterocycles. The Labute approximate surface area is 149 Å². The van der Waals surface area contributed by atoms with Crippen LogP contribution in [0.1, 0.15) is 46.5 Å². The van der Waals surface area contributed by atoms with E-state index in [1.54, 1.807) is 30.5 Å². The molecule has 25 heavy (non-hydrogen) atoms. The van der Waals surface area contributed by atoms with Crippen LogP contribution >= 0.6 is 0 Å². The second-order valence-electron chi connectivity index (χ2n) is 6.74. The van der Waals surface area contributed by atoms with E-state index in [1.165, 1.54) is 5.56 Å². The van der Waals surface area contributed by atoms with Crippen molar-refractivity contribution in [2.45, 2.75) is 34.6 Å². The number of carbonyl (C=O) groups is 1. The lowest BCUT2D eigenvalue weighted by molar-refractivity contribution is 0.0955. The van der Waals surface area contributed by atoms with E-state index in [9.17, 15) is 4.79 Å². The maximum Gasteiger partial charge on any atom is 0.271 e. The molecule has 0 saturated heterocycles. The highest BCUT2D eigenvalue weighted by atomic mass is 16.5. The number of hydrogen-bond acceptors (Lipinski definition) is 3. The van der Waals surface area contributed by atoms with E-state index in [4.69, 9.17) is 4.74 Å². The number of nitrogens with one attached hydrogen (secondary N) is 1. The largest absolute Gasteiger partial charge is 0.493 e. The molecule has 0 bridgehead atoms. The lowest BCUT2D eigenvalue weighted by atomic mass is 10.0. The van der Waals surface area contributed by atoms with Crippen molar-refractivity contribution in [1.82, 2.24) is 5.43 Å². The molecule has 132 valence electrons. The van der Waals surface area contributed by atoms with Crippen LogP contribution in [0, 0.1) is 26.7 Å². The summed E-state index contributed by atoms with van der Waals surface area (Å²) in [6.45, 7) is 11.0. The average molecular weight is 338 g/mol. The zero-order valence-corrected chi connectivity index (χ0v) is 15.6. The fraction of sp³-hybridized carbons (Fsp3) is 0.333. The maximum absolute atomic E-state index is 12.2. The van der Waals surface area contributed by atoms with Gasteiger partial charge in [-0.1, -0.05) is 31.5 Å². The van der Waals surface area contributed by atoms with Gasteiger partial charge in [0.2, 0.25) is 0 Å². The summed E-state index contributed by atoms with van der Waals surface area (Å²) >= 11 is 0. The van der Waals surface area contributed by atoms with Crippen LogP contribution in [0.5, 0.6) is 5.75 Å². The Morgan fingerprint density at radius 3 is 2.28 bits per heavy atom. The molecule has 0 unspecified atom stereocenters. The van der Waals surface area contributed by atoms with Crippen LogP contribution < -0.4 is 10.2 Å². The van der Waals surface area contributed by atoms with E-state index in [0.29, 0.717) is 18.1 Å². The zero-order chi connectivity index (χ0) is 18.4. The number of benzene rings is 2. The van der Waals surface area contributed by atoms with E-state index in [0.717, 1.165) is 22.4 Å². The van der Waals surface area contributed by atoms with Crippen molar-refractivity contribution >= 4 is 12.1 Å². The highest BCUT2D eigenvalue weighted by molar-refractivity contribution is 5.95. The normalized spacial score (nSPS) is 11.1. The molecule has 0 spiro atoms. The van der Waals surface area contributed by atoms with E-state index in [1.807, 2.05) is 13.8 Å². The average Bonchev–Trinajstić information content (AvgIpc) is 2.55. The Bertz CT molecular complexity index is 739. The molecule has 2 aromatic carbocycles. The van der Waals surface area contributed by atoms with Gasteiger partial charge < -0.3 is 4.74 Å². The molecule has 4 heteroatoms. The van der Waals surface area contributed by atoms with E-state index >= 15 is 0 Å². The second-order valence-corrected chi connectivity index (χ2v) is 6.74. The van der Waals surface area contributed by atoms with E-state index in [-0.39, 0.29) is 5.91 Å². The molecule has 0 radical (unpaired) electrons. The summed E-state index contributed by atoms with van der Waals surface area (Å²) in [5, 5.41) is 4.10. The summed E-state index contributed by atoms with van der Waals surface area (Å²) in [6, 6.07) is 11.3. The van der Waals surface area contributed by atoms with Gasteiger partial charge in [-0.3, -0.25) is 4.79 Å². The van der Waals surface area contributed by atoms with Crippen LogP contribution in [0.2, 0.25) is 0 Å². The number of hydrazone groups is 1. The number of hydrogen-bond donors (Lipinski definition) is 1. The van der Waals surface area contributed by atoms with Crippen molar-refractivity contribution in [3.05, 3.63) is 64.2 Å². The van der Waals surface area contributed by atoms with Crippen molar-refractivity contribution in [3.63, 3.8) is 0 Å². The molecule has 1 amide bonds. The first-order chi connectivity index (χ1) is 11.9. The monoisotopic (exact) mass is 338 g/mol. The predicted molar refractivity (Wildman–Crippen MR) is 102 cm³/mol. The first-order valence-corrected chi connectivity index (χ1v) is 8.51. The Hall–Kier alpha value is -2.62. The van der Waals surface area contributed by atoms with E-state index < -0.39 is 0 Å². The minimum Gasteiger partial charge on any atom is -0.493 e. The Balaban J connectivity index is 1.98. The fourth-order valence-electron chi connectivity index (χ4n) is 2.58. The molecule has 0 aliphatic rings. The van der Waals surface area contributed by atoms with Gasteiger partial charge in [0.25, 0.3) is 5.91 Å². The third-order valence-corrected chi connectivity index (χ3v) is 3.80. The lowest BCUT2D eigenvalue weighted by Gasteiger charge is -2.09. The van der Waals surface area contributed by atoms with Gasteiger partial charge in [0.1, 0.15) is 5.75 Å². The van der Waals surface area contributed by atoms with Gasteiger partial charge in [0.15, 0.2) is 0 Å². The van der Waals surface area contributed by atoms with Gasteiger partial charge in [-0.15, -0.1) is 0 Å². The highest BCUT2D eigenvalue weighted by Crippen LogP contribution is 2.15. The number of nitrogens with zero attached hydrogens (tertiary/aromatic N) is 1. The Morgan fingerprint density at radius 2 is 1.72 bits per heavy atom. The Kier molecular flexibility index (Phi) is 6.34. The molecule has 0 aliphatic heterocycles. The van der Waals surface area contributed by atoms with Gasteiger partial charge >= 0.3 is 0 Å². The van der Waals surface area contributed by atoms with Crippen LogP contribution in [0.15, 0.2) is 41.5 Å². The number of ether oxygens (including phenoxy) is 1. The molecule has 0 aliphatic carbocycles. The minimum absolute atomic E-state index is 0.242. The summed E-state index contributed by atoms with van der Waals surface area (Å²) in [5.74, 6) is 0.986. The SMILES string of the molecule is Cc1cc(C)c(/C=N/NC(=O)c2ccc(OCC(C)C)cc2)c(C)c1. The van der Waals surface area contributed by atoms with Crippen LogP contribution in [-0.4, -0.2) is 18.7 Å². The number of rotatable bonds is 6. The van der Waals surface area contributed by atoms with E-state index in [2.05, 4.69) is 43.4 Å². The molecule has 0 saturated carbocycles. The van der Waals surface area contributed by atoms with Crippen molar-refractivity contribution < 1.29 is 9.53 Å². The summed E-state index contributed by atoms with van der Waals surface area (Å²) in [4.78, 5) is 12.2. The van der Waals surface area contributed by atoms with Crippen LogP contribution in [0.4, 0.5) is 0 Å². The lowest BCUT2D eigenvalue weighted by Crippen LogP contribution is -2.17. The topological polar surface area (TPSA) is 50.7 Å². The van der Waals surface area contributed by atoms with Crippen molar-refractivity contribution in [2.75, 3.05) is 6.61 Å². The standard InChI is InChI=1S/C21H26N2O2/c1-14(2)13-25-19-8-6-18(7-9-19)21(24)23-22-12-20-16(4)10-15(3)11-17(20)5/h6-12,14H,13H2,1-5H3,(H,23,24)/b22-12+. The molecule has 0 atom stereocenters. The van der Waals surface area contributed by atoms with Crippen molar-refractivity contribution in [1.29, 1.82) is 0 Å². The molecular weight excluding hydrogens is 312 g/mol. The zero-order valence-electron chi connectivity index (χ0n) is 15.6. The Morgan fingerprint density at radius 1 is 1.12 bits per heavy atom. The fourth-order valence-corrected chi connectivity index (χ4v) is 2.58. The predicted octanol–water partition coefficient (Wildman–Crippen LogP) is 4.41. The minimum atomic E-state index is -0.242. The van der Waals surface area contributed by atoms with Crippen LogP contribution in [0.25, 0.3) is 0 Å². The molecule has 1 N–H and O–H groups in total. The summed E-state index contributed by atoms with van der Waals surface area (Å²) in [6.07, 6.45) is 1.70. The first kappa shape index (κ1) is 18.7. The van der Waals surface area contributed by atoms with Gasteiger partial charge in [-0.2, -0.15) is 5.10 Å². The summed E-state index contributed by atoms with van der Waals surface area (Å²) in [7, 11) is 0. The van der Waals surface area contributed by atoms with Crippen molar-refractivity contribution in [2.24, 2.45) is 11.0 Å². The summed E-state index contributed by atoms with van der Waals surface area (Å²) < 4.78 is 5.62. The second kappa shape index (κ2) is 8.47. The molecule has 0 fully saturated rings. The third kappa shape index (κ3) is 5.45. The first-order valence-electron chi connectivity index (χ1n) is 8.51. The molecule has 0 heterocycles. The highest BCUT2D eigenvalue weighted by Gasteiger charge is 2.06. The smallest absolute Gasteiger partial charge is 0.271 e. The molecule has 2 rings (SSSR count). The molecular formula is C21H26N2O2.